The van der Waals surface area contributed by atoms with E-state index in [0.29, 0.717) is 12.0 Å². The Morgan fingerprint density at radius 1 is 1.45 bits per heavy atom. The minimum atomic E-state index is 0.250. The molecule has 1 aromatic heterocycles. The molecule has 1 aliphatic carbocycles. The van der Waals surface area contributed by atoms with E-state index in [1.807, 2.05) is 6.92 Å². The van der Waals surface area contributed by atoms with Crippen molar-refractivity contribution >= 4 is 0 Å². The second-order valence-corrected chi connectivity index (χ2v) is 7.02. The van der Waals surface area contributed by atoms with Gasteiger partial charge >= 0.3 is 0 Å². The van der Waals surface area contributed by atoms with Crippen LogP contribution in [0.4, 0.5) is 0 Å². The number of nitrogens with zero attached hydrogens (tertiary/aromatic N) is 3. The van der Waals surface area contributed by atoms with Crippen molar-refractivity contribution < 1.29 is 4.52 Å². The lowest BCUT2D eigenvalue weighted by Crippen LogP contribution is -2.64. The number of piperazine rings is 1. The Labute approximate surface area is 121 Å². The third-order valence-electron chi connectivity index (χ3n) is 4.87. The highest BCUT2D eigenvalue weighted by Crippen LogP contribution is 2.42. The molecule has 0 aromatic carbocycles. The first kappa shape index (κ1) is 14.0. The van der Waals surface area contributed by atoms with E-state index in [2.05, 4.69) is 41.1 Å². The third-order valence-corrected chi connectivity index (χ3v) is 4.87. The number of hydrogen-bond donors (Lipinski definition) is 1. The third kappa shape index (κ3) is 2.74. The molecule has 0 bridgehead atoms. The van der Waals surface area contributed by atoms with Crippen molar-refractivity contribution in [2.24, 2.45) is 11.8 Å². The van der Waals surface area contributed by atoms with Crippen LogP contribution in [0.1, 0.15) is 45.3 Å². The lowest BCUT2D eigenvalue weighted by Gasteiger charge is -2.47. The Bertz CT molecular complexity index is 468. The predicted molar refractivity (Wildman–Crippen MR) is 77.2 cm³/mol. The molecule has 1 aliphatic heterocycles. The fourth-order valence-corrected chi connectivity index (χ4v) is 3.46. The largest absolute Gasteiger partial charge is 0.338 e. The molecule has 5 nitrogen and oxygen atoms in total. The van der Waals surface area contributed by atoms with E-state index < -0.39 is 0 Å². The van der Waals surface area contributed by atoms with E-state index in [0.717, 1.165) is 37.3 Å². The zero-order valence-electron chi connectivity index (χ0n) is 13.0. The molecule has 1 saturated heterocycles. The lowest BCUT2D eigenvalue weighted by atomic mass is 9.88. The van der Waals surface area contributed by atoms with Crippen LogP contribution in [0.5, 0.6) is 0 Å². The Morgan fingerprint density at radius 2 is 2.20 bits per heavy atom. The first-order valence-corrected chi connectivity index (χ1v) is 7.76. The van der Waals surface area contributed by atoms with Gasteiger partial charge in [0.25, 0.3) is 0 Å². The minimum absolute atomic E-state index is 0.250. The summed E-state index contributed by atoms with van der Waals surface area (Å²) >= 11 is 0. The topological polar surface area (TPSA) is 54.2 Å². The normalized spacial score (nSPS) is 31.9. The van der Waals surface area contributed by atoms with E-state index in [-0.39, 0.29) is 5.54 Å². The van der Waals surface area contributed by atoms with Gasteiger partial charge in [0.2, 0.25) is 5.89 Å². The Hall–Kier alpha value is -0.940. The summed E-state index contributed by atoms with van der Waals surface area (Å²) in [5, 5.41) is 7.71. The molecule has 3 rings (SSSR count). The number of aromatic nitrogens is 2. The van der Waals surface area contributed by atoms with Crippen LogP contribution < -0.4 is 5.32 Å². The molecule has 5 heteroatoms. The van der Waals surface area contributed by atoms with Gasteiger partial charge in [-0.3, -0.25) is 4.90 Å². The van der Waals surface area contributed by atoms with Gasteiger partial charge < -0.3 is 9.84 Å². The predicted octanol–water partition coefficient (Wildman–Crippen LogP) is 1.98. The van der Waals surface area contributed by atoms with Gasteiger partial charge in [-0.05, 0) is 38.5 Å². The summed E-state index contributed by atoms with van der Waals surface area (Å²) in [6.07, 6.45) is 2.73. The van der Waals surface area contributed by atoms with Gasteiger partial charge in [-0.15, -0.1) is 0 Å². The van der Waals surface area contributed by atoms with Crippen molar-refractivity contribution in [3.05, 3.63) is 11.7 Å². The maximum absolute atomic E-state index is 5.32. The van der Waals surface area contributed by atoms with Gasteiger partial charge in [0.1, 0.15) is 0 Å². The monoisotopic (exact) mass is 278 g/mol. The summed E-state index contributed by atoms with van der Waals surface area (Å²) in [6.45, 7) is 11.7. The quantitative estimate of drug-likeness (QED) is 0.912. The van der Waals surface area contributed by atoms with Gasteiger partial charge in [0.05, 0.1) is 6.54 Å². The molecular weight excluding hydrogens is 252 g/mol. The van der Waals surface area contributed by atoms with Crippen molar-refractivity contribution in [1.82, 2.24) is 20.4 Å². The van der Waals surface area contributed by atoms with Crippen LogP contribution in [0.3, 0.4) is 0 Å². The fraction of sp³-hybridized carbons (Fsp3) is 0.867. The average molecular weight is 278 g/mol. The molecule has 2 atom stereocenters. The molecule has 0 spiro atoms. The number of hydrogen-bond acceptors (Lipinski definition) is 5. The summed E-state index contributed by atoms with van der Waals surface area (Å²) in [7, 11) is 0. The van der Waals surface area contributed by atoms with Crippen molar-refractivity contribution in [3.8, 4) is 0 Å². The fourth-order valence-electron chi connectivity index (χ4n) is 3.46. The van der Waals surface area contributed by atoms with Gasteiger partial charge in [-0.1, -0.05) is 19.0 Å². The van der Waals surface area contributed by atoms with Crippen LogP contribution in [-0.4, -0.2) is 39.7 Å². The molecule has 1 saturated carbocycles. The maximum Gasteiger partial charge on any atom is 0.240 e. The SMILES string of the molecule is Cc1noc(CN2CC(C)(C3CC3)NCC2C(C)C)n1. The van der Waals surface area contributed by atoms with Gasteiger partial charge in [0, 0.05) is 24.7 Å². The van der Waals surface area contributed by atoms with E-state index >= 15 is 0 Å². The summed E-state index contributed by atoms with van der Waals surface area (Å²) in [5.41, 5.74) is 0.250. The Morgan fingerprint density at radius 3 is 2.75 bits per heavy atom. The molecule has 2 fully saturated rings. The maximum atomic E-state index is 5.32. The van der Waals surface area contributed by atoms with E-state index in [4.69, 9.17) is 4.52 Å². The van der Waals surface area contributed by atoms with E-state index in [1.54, 1.807) is 0 Å². The van der Waals surface area contributed by atoms with Crippen LogP contribution in [0.15, 0.2) is 4.52 Å². The second-order valence-electron chi connectivity index (χ2n) is 7.02. The molecule has 20 heavy (non-hydrogen) atoms. The number of nitrogens with one attached hydrogen (secondary N) is 1. The van der Waals surface area contributed by atoms with Crippen molar-refractivity contribution in [3.63, 3.8) is 0 Å². The summed E-state index contributed by atoms with van der Waals surface area (Å²) < 4.78 is 5.32. The molecule has 0 amide bonds. The summed E-state index contributed by atoms with van der Waals surface area (Å²) in [6, 6.07) is 0.536. The van der Waals surface area contributed by atoms with Crippen LogP contribution in [0.25, 0.3) is 0 Å². The highest BCUT2D eigenvalue weighted by atomic mass is 16.5. The van der Waals surface area contributed by atoms with Crippen LogP contribution in [0.2, 0.25) is 0 Å². The zero-order chi connectivity index (χ0) is 14.3. The first-order chi connectivity index (χ1) is 9.48. The smallest absolute Gasteiger partial charge is 0.240 e. The number of rotatable bonds is 4. The molecule has 2 heterocycles. The van der Waals surface area contributed by atoms with Crippen molar-refractivity contribution in [2.75, 3.05) is 13.1 Å². The van der Waals surface area contributed by atoms with Crippen LogP contribution in [-0.2, 0) is 6.54 Å². The Balaban J connectivity index is 1.74. The standard InChI is InChI=1S/C15H26N4O/c1-10(2)13-7-16-15(4,12-5-6-12)9-19(13)8-14-17-11(3)18-20-14/h10,12-13,16H,5-9H2,1-4H3. The molecule has 2 aliphatic rings. The summed E-state index contributed by atoms with van der Waals surface area (Å²) in [4.78, 5) is 6.90. The van der Waals surface area contributed by atoms with Gasteiger partial charge in [-0.25, -0.2) is 0 Å². The highest BCUT2D eigenvalue weighted by Gasteiger charge is 2.46. The highest BCUT2D eigenvalue weighted by molar-refractivity contribution is 5.05. The minimum Gasteiger partial charge on any atom is -0.338 e. The molecule has 112 valence electrons. The summed E-state index contributed by atoms with van der Waals surface area (Å²) in [5.74, 6) is 2.92. The van der Waals surface area contributed by atoms with Gasteiger partial charge in [0.15, 0.2) is 5.82 Å². The van der Waals surface area contributed by atoms with Crippen LogP contribution >= 0.6 is 0 Å². The average Bonchev–Trinajstić information content (AvgIpc) is 3.15. The van der Waals surface area contributed by atoms with Gasteiger partial charge in [-0.2, -0.15) is 4.98 Å². The van der Waals surface area contributed by atoms with Crippen molar-refractivity contribution in [2.45, 2.75) is 58.7 Å². The first-order valence-electron chi connectivity index (χ1n) is 7.76. The zero-order valence-corrected chi connectivity index (χ0v) is 13.0. The van der Waals surface area contributed by atoms with Crippen LogP contribution in [0, 0.1) is 18.8 Å². The van der Waals surface area contributed by atoms with Crippen molar-refractivity contribution in [1.29, 1.82) is 0 Å². The number of aryl methyl sites for hydroxylation is 1. The molecule has 1 N–H and O–H groups in total. The Kier molecular flexibility index (Phi) is 3.58. The lowest BCUT2D eigenvalue weighted by molar-refractivity contribution is 0.0386. The second kappa shape index (κ2) is 5.11. The molecule has 2 unspecified atom stereocenters. The van der Waals surface area contributed by atoms with E-state index in [1.165, 1.54) is 12.8 Å². The van der Waals surface area contributed by atoms with E-state index in [9.17, 15) is 0 Å². The molecule has 1 aromatic rings. The molecular formula is C15H26N4O. The molecule has 0 radical (unpaired) electrons.